The molecule has 0 spiro atoms. The van der Waals surface area contributed by atoms with Gasteiger partial charge in [-0.15, -0.1) is 0 Å². The number of hydrogen-bond acceptors (Lipinski definition) is 6. The van der Waals surface area contributed by atoms with Crippen LogP contribution >= 0.6 is 11.3 Å². The number of amides is 1. The van der Waals surface area contributed by atoms with Crippen LogP contribution in [0.2, 0.25) is 0 Å². The van der Waals surface area contributed by atoms with E-state index in [1.807, 2.05) is 0 Å². The van der Waals surface area contributed by atoms with E-state index in [-0.39, 0.29) is 4.90 Å². The molecule has 30 heavy (non-hydrogen) atoms. The third kappa shape index (κ3) is 4.22. The summed E-state index contributed by atoms with van der Waals surface area (Å²) >= 11 is 1.28. The monoisotopic (exact) mass is 446 g/mol. The van der Waals surface area contributed by atoms with Gasteiger partial charge in [-0.25, -0.2) is 13.2 Å². The second-order valence-electron chi connectivity index (χ2n) is 6.88. The lowest BCUT2D eigenvalue weighted by Crippen LogP contribution is -2.15. The number of aryl methyl sites for hydroxylation is 1. The van der Waals surface area contributed by atoms with Crippen molar-refractivity contribution >= 4 is 43.3 Å². The van der Waals surface area contributed by atoms with Crippen molar-refractivity contribution in [1.82, 2.24) is 4.57 Å². The van der Waals surface area contributed by atoms with Gasteiger partial charge in [0.05, 0.1) is 32.5 Å². The normalized spacial score (nSPS) is 12.5. The van der Waals surface area contributed by atoms with Gasteiger partial charge in [0.15, 0.2) is 14.6 Å². The molecule has 158 valence electrons. The summed E-state index contributed by atoms with van der Waals surface area (Å²) in [5.41, 5.74) is 1.56. The highest BCUT2D eigenvalue weighted by Gasteiger charge is 2.19. The molecule has 3 aromatic rings. The fraction of sp³-hybridized carbons (Fsp3) is 0.286. The smallest absolute Gasteiger partial charge is 0.338 e. The van der Waals surface area contributed by atoms with E-state index in [0.29, 0.717) is 22.5 Å². The Morgan fingerprint density at radius 2 is 1.73 bits per heavy atom. The molecular weight excluding hydrogens is 424 g/mol. The van der Waals surface area contributed by atoms with Gasteiger partial charge in [0.2, 0.25) is 0 Å². The molecule has 0 aliphatic rings. The van der Waals surface area contributed by atoms with E-state index >= 15 is 0 Å². The lowest BCUT2D eigenvalue weighted by Gasteiger charge is -2.07. The topological polar surface area (TPSA) is 94.8 Å². The number of carbonyl (C=O) groups is 2. The Labute approximate surface area is 178 Å². The Bertz CT molecular complexity index is 1280. The molecule has 0 aliphatic carbocycles. The Hall–Kier alpha value is -2.78. The number of carbonyl (C=O) groups excluding carboxylic acids is 2. The van der Waals surface area contributed by atoms with Crippen molar-refractivity contribution in [3.63, 3.8) is 0 Å². The molecule has 7 nitrogen and oxygen atoms in total. The van der Waals surface area contributed by atoms with E-state index in [9.17, 15) is 18.0 Å². The van der Waals surface area contributed by atoms with Crippen LogP contribution in [0.4, 0.5) is 0 Å². The fourth-order valence-corrected chi connectivity index (χ4v) is 4.91. The maximum atomic E-state index is 12.6. The number of esters is 1. The highest BCUT2D eigenvalue weighted by Crippen LogP contribution is 2.20. The molecule has 1 amide bonds. The van der Waals surface area contributed by atoms with E-state index in [1.54, 1.807) is 50.6 Å². The molecule has 0 saturated carbocycles. The van der Waals surface area contributed by atoms with E-state index in [4.69, 9.17) is 4.74 Å². The molecule has 0 N–H and O–H groups in total. The highest BCUT2D eigenvalue weighted by molar-refractivity contribution is 7.92. The van der Waals surface area contributed by atoms with E-state index in [1.165, 1.54) is 35.6 Å². The summed E-state index contributed by atoms with van der Waals surface area (Å²) in [6.45, 7) is 5.26. The first-order valence-corrected chi connectivity index (χ1v) is 11.7. The first kappa shape index (κ1) is 21.9. The number of aromatic nitrogens is 1. The van der Waals surface area contributed by atoms with Crippen LogP contribution < -0.4 is 4.80 Å². The summed E-state index contributed by atoms with van der Waals surface area (Å²) in [6, 6.07) is 11.0. The van der Waals surface area contributed by atoms with Gasteiger partial charge >= 0.3 is 5.97 Å². The maximum absolute atomic E-state index is 12.6. The summed E-state index contributed by atoms with van der Waals surface area (Å²) in [4.78, 5) is 29.4. The third-order valence-corrected chi connectivity index (χ3v) is 7.83. The molecule has 3 rings (SSSR count). The third-order valence-electron chi connectivity index (χ3n) is 4.57. The Kier molecular flexibility index (Phi) is 6.23. The molecule has 9 heteroatoms. The minimum Gasteiger partial charge on any atom is -0.462 e. The average Bonchev–Trinajstić information content (AvgIpc) is 3.02. The summed E-state index contributed by atoms with van der Waals surface area (Å²) < 4.78 is 32.0. The van der Waals surface area contributed by atoms with Gasteiger partial charge in [0.1, 0.15) is 0 Å². The molecule has 1 heterocycles. The molecule has 1 aromatic heterocycles. The molecule has 0 bridgehead atoms. The molecule has 2 aromatic carbocycles. The van der Waals surface area contributed by atoms with Crippen molar-refractivity contribution in [2.45, 2.75) is 30.9 Å². The Morgan fingerprint density at radius 3 is 2.33 bits per heavy atom. The van der Waals surface area contributed by atoms with Gasteiger partial charge in [-0.3, -0.25) is 4.79 Å². The van der Waals surface area contributed by atoms with Gasteiger partial charge in [-0.05, 0) is 63.2 Å². The second-order valence-corrected chi connectivity index (χ2v) is 10.4. The first-order valence-electron chi connectivity index (χ1n) is 9.35. The minimum atomic E-state index is -3.40. The SMILES string of the molecule is CCOC(=O)c1ccc2c(c1)sc(=NC(=O)c1ccc(S(=O)(=O)C(C)C)cc1)n2C. The summed E-state index contributed by atoms with van der Waals surface area (Å²) in [5.74, 6) is -0.877. The zero-order chi connectivity index (χ0) is 22.1. The number of sulfone groups is 1. The van der Waals surface area contributed by atoms with Gasteiger partial charge in [-0.1, -0.05) is 11.3 Å². The number of thiazole rings is 1. The second kappa shape index (κ2) is 8.53. The average molecular weight is 447 g/mol. The molecular formula is C21H22N2O5S2. The van der Waals surface area contributed by atoms with Gasteiger partial charge in [-0.2, -0.15) is 4.99 Å². The van der Waals surface area contributed by atoms with Crippen LogP contribution in [0.3, 0.4) is 0 Å². The number of rotatable bonds is 5. The lowest BCUT2D eigenvalue weighted by molar-refractivity contribution is 0.0526. The van der Waals surface area contributed by atoms with Crippen LogP contribution in [0.1, 0.15) is 41.5 Å². The quantitative estimate of drug-likeness (QED) is 0.560. The largest absolute Gasteiger partial charge is 0.462 e. The molecule has 0 fully saturated rings. The predicted molar refractivity (Wildman–Crippen MR) is 115 cm³/mol. The van der Waals surface area contributed by atoms with Crippen molar-refractivity contribution in [2.75, 3.05) is 6.61 Å². The van der Waals surface area contributed by atoms with Gasteiger partial charge in [0, 0.05) is 12.6 Å². The van der Waals surface area contributed by atoms with Crippen LogP contribution in [0.15, 0.2) is 52.4 Å². The molecule has 0 aliphatic heterocycles. The van der Waals surface area contributed by atoms with E-state index < -0.39 is 27.0 Å². The van der Waals surface area contributed by atoms with Crippen molar-refractivity contribution in [3.05, 3.63) is 58.4 Å². The van der Waals surface area contributed by atoms with Crippen LogP contribution in [-0.4, -0.2) is 36.7 Å². The Balaban J connectivity index is 1.95. The fourth-order valence-electron chi connectivity index (χ4n) is 2.79. The molecule has 0 saturated heterocycles. The van der Waals surface area contributed by atoms with Crippen LogP contribution in [-0.2, 0) is 21.6 Å². The first-order chi connectivity index (χ1) is 14.1. The zero-order valence-corrected chi connectivity index (χ0v) is 18.7. The summed E-state index contributed by atoms with van der Waals surface area (Å²) in [7, 11) is -1.61. The van der Waals surface area contributed by atoms with Crippen molar-refractivity contribution < 1.29 is 22.7 Å². The number of nitrogens with zero attached hydrogens (tertiary/aromatic N) is 2. The molecule has 0 radical (unpaired) electrons. The zero-order valence-electron chi connectivity index (χ0n) is 17.1. The maximum Gasteiger partial charge on any atom is 0.338 e. The number of benzene rings is 2. The summed E-state index contributed by atoms with van der Waals surface area (Å²) in [6.07, 6.45) is 0. The predicted octanol–water partition coefficient (Wildman–Crippen LogP) is 3.34. The number of fused-ring (bicyclic) bond motifs is 1. The van der Waals surface area contributed by atoms with E-state index in [2.05, 4.69) is 4.99 Å². The lowest BCUT2D eigenvalue weighted by atomic mass is 10.2. The van der Waals surface area contributed by atoms with Crippen molar-refractivity contribution in [1.29, 1.82) is 0 Å². The number of hydrogen-bond donors (Lipinski definition) is 0. The molecule has 0 atom stereocenters. The highest BCUT2D eigenvalue weighted by atomic mass is 32.2. The van der Waals surface area contributed by atoms with Crippen molar-refractivity contribution in [3.8, 4) is 0 Å². The van der Waals surface area contributed by atoms with E-state index in [0.717, 1.165) is 10.2 Å². The van der Waals surface area contributed by atoms with Gasteiger partial charge < -0.3 is 9.30 Å². The minimum absolute atomic E-state index is 0.174. The standard InChI is InChI=1S/C21H22N2O5S2/c1-5-28-20(25)15-8-11-17-18(12-15)29-21(23(17)4)22-19(24)14-6-9-16(10-7-14)30(26,27)13(2)3/h6-13H,5H2,1-4H3. The molecule has 0 unspecified atom stereocenters. The summed E-state index contributed by atoms with van der Waals surface area (Å²) in [5, 5.41) is -0.541. The van der Waals surface area contributed by atoms with Crippen molar-refractivity contribution in [2.24, 2.45) is 12.0 Å². The van der Waals surface area contributed by atoms with Crippen LogP contribution in [0.25, 0.3) is 10.2 Å². The van der Waals surface area contributed by atoms with Crippen LogP contribution in [0.5, 0.6) is 0 Å². The Morgan fingerprint density at radius 1 is 1.10 bits per heavy atom. The van der Waals surface area contributed by atoms with Gasteiger partial charge in [0.25, 0.3) is 5.91 Å². The van der Waals surface area contributed by atoms with Crippen LogP contribution in [0, 0.1) is 0 Å². The number of ether oxygens (including phenoxy) is 1.